The molecular formula is C24H62O6Si4. The van der Waals surface area contributed by atoms with Crippen LogP contribution in [0, 0.1) is 0 Å². The second-order valence-corrected chi connectivity index (χ2v) is 26.4. The lowest BCUT2D eigenvalue weighted by Gasteiger charge is -2.43. The van der Waals surface area contributed by atoms with Crippen LogP contribution in [0.5, 0.6) is 0 Å². The molecule has 0 amide bonds. The highest BCUT2D eigenvalue weighted by Gasteiger charge is 2.46. The summed E-state index contributed by atoms with van der Waals surface area (Å²) >= 11 is 0. The van der Waals surface area contributed by atoms with E-state index >= 15 is 0 Å². The van der Waals surface area contributed by atoms with Gasteiger partial charge in [-0.3, -0.25) is 0 Å². The fraction of sp³-hybridized carbons (Fsp3) is 0.875. The van der Waals surface area contributed by atoms with E-state index in [1.165, 1.54) is 0 Å². The second-order valence-electron chi connectivity index (χ2n) is 9.99. The second kappa shape index (κ2) is 20.0. The van der Waals surface area contributed by atoms with E-state index in [1.54, 1.807) is 0 Å². The fourth-order valence-electron chi connectivity index (χ4n) is 3.35. The quantitative estimate of drug-likeness (QED) is 0.0773. The van der Waals surface area contributed by atoms with Gasteiger partial charge in [-0.15, -0.1) is 0 Å². The molecule has 0 radical (unpaired) electrons. The Morgan fingerprint density at radius 3 is 1.53 bits per heavy atom. The lowest BCUT2D eigenvalue weighted by atomic mass is 10.4. The lowest BCUT2D eigenvalue weighted by Crippen LogP contribution is -2.58. The Labute approximate surface area is 218 Å². The Bertz CT molecular complexity index is 523. The van der Waals surface area contributed by atoms with Gasteiger partial charge in [0, 0.05) is 12.7 Å². The summed E-state index contributed by atoms with van der Waals surface area (Å²) in [6, 6.07) is 1.88. The summed E-state index contributed by atoms with van der Waals surface area (Å²) < 4.78 is 30.8. The molecule has 2 unspecified atom stereocenters. The minimum Gasteiger partial charge on any atom is -0.460 e. The lowest BCUT2D eigenvalue weighted by molar-refractivity contribution is -0.139. The summed E-state index contributed by atoms with van der Waals surface area (Å²) in [6.07, 6.45) is 4.27. The molecule has 0 aromatic rings. The van der Waals surface area contributed by atoms with Crippen molar-refractivity contribution >= 4 is 39.7 Å². The molecule has 10 heteroatoms. The molecule has 0 aromatic carbocycles. The van der Waals surface area contributed by atoms with Crippen molar-refractivity contribution < 1.29 is 26.6 Å². The van der Waals surface area contributed by atoms with Gasteiger partial charge in [-0.1, -0.05) is 56.1 Å². The summed E-state index contributed by atoms with van der Waals surface area (Å²) in [7, 11) is -8.24. The maximum Gasteiger partial charge on any atom is 0.330 e. The van der Waals surface area contributed by atoms with Gasteiger partial charge < -0.3 is 21.8 Å². The molecule has 0 aliphatic carbocycles. The van der Waals surface area contributed by atoms with Gasteiger partial charge in [0.25, 0.3) is 0 Å². The Morgan fingerprint density at radius 1 is 0.706 bits per heavy atom. The fourth-order valence-corrected chi connectivity index (χ4v) is 21.9. The average Bonchev–Trinajstić information content (AvgIpc) is 2.55. The minimum atomic E-state index is -2.42. The van der Waals surface area contributed by atoms with E-state index in [-0.39, 0.29) is 36.3 Å². The number of hydrogen-bond acceptors (Lipinski definition) is 6. The van der Waals surface area contributed by atoms with Gasteiger partial charge in [0.05, 0.1) is 6.61 Å². The van der Waals surface area contributed by atoms with E-state index in [0.717, 1.165) is 37.4 Å². The van der Waals surface area contributed by atoms with Gasteiger partial charge >= 0.3 is 23.1 Å². The third-order valence-electron chi connectivity index (χ3n) is 4.02. The van der Waals surface area contributed by atoms with Gasteiger partial charge in [0.15, 0.2) is 16.6 Å². The van der Waals surface area contributed by atoms with Crippen molar-refractivity contribution in [1.29, 1.82) is 0 Å². The summed E-state index contributed by atoms with van der Waals surface area (Å²) in [5, 5.41) is 0. The van der Waals surface area contributed by atoms with E-state index in [2.05, 4.69) is 65.9 Å². The Morgan fingerprint density at radius 2 is 1.15 bits per heavy atom. The van der Waals surface area contributed by atoms with Crippen LogP contribution >= 0.6 is 0 Å². The van der Waals surface area contributed by atoms with Gasteiger partial charge in [-0.2, -0.15) is 0 Å². The molecule has 0 bridgehead atoms. The SMILES string of the molecule is C.C.C.C.C=CC(=O)OCCOCCC[Si](C)(O[Si](C)(C)C)O[Si](C)(CCCC)O[Si](C)(C)C. The van der Waals surface area contributed by atoms with Crippen LogP contribution in [-0.2, 0) is 26.6 Å². The number of carbonyl (C=O) groups excluding carboxylic acids is 1. The molecule has 0 saturated carbocycles. The largest absolute Gasteiger partial charge is 0.460 e. The van der Waals surface area contributed by atoms with E-state index in [9.17, 15) is 4.79 Å². The van der Waals surface area contributed by atoms with E-state index in [0.29, 0.717) is 13.2 Å². The Hall–Kier alpha value is -0.0825. The summed E-state index contributed by atoms with van der Waals surface area (Å²) in [5.41, 5.74) is 0. The van der Waals surface area contributed by atoms with Crippen LogP contribution in [0.1, 0.15) is 55.9 Å². The highest BCUT2D eigenvalue weighted by atomic mass is 28.5. The van der Waals surface area contributed by atoms with Crippen LogP contribution in [0.2, 0.25) is 64.5 Å². The van der Waals surface area contributed by atoms with Crippen molar-refractivity contribution in [3.05, 3.63) is 12.7 Å². The first-order valence-corrected chi connectivity index (χ1v) is 23.0. The van der Waals surface area contributed by atoms with Crippen molar-refractivity contribution in [3.8, 4) is 0 Å². The topological polar surface area (TPSA) is 63.2 Å². The normalized spacial score (nSPS) is 14.6. The highest BCUT2D eigenvalue weighted by molar-refractivity contribution is 6.89. The molecule has 0 aliphatic rings. The van der Waals surface area contributed by atoms with Gasteiger partial charge in [0.1, 0.15) is 6.61 Å². The average molecular weight is 559 g/mol. The van der Waals surface area contributed by atoms with E-state index in [4.69, 9.17) is 21.8 Å². The van der Waals surface area contributed by atoms with Crippen LogP contribution in [0.25, 0.3) is 0 Å². The van der Waals surface area contributed by atoms with Gasteiger partial charge in [-0.05, 0) is 70.9 Å². The zero-order chi connectivity index (χ0) is 23.5. The maximum absolute atomic E-state index is 11.0. The van der Waals surface area contributed by atoms with Crippen LogP contribution in [0.4, 0.5) is 0 Å². The number of hydrogen-bond donors (Lipinski definition) is 0. The molecule has 6 nitrogen and oxygen atoms in total. The molecule has 210 valence electrons. The molecule has 0 fully saturated rings. The minimum absolute atomic E-state index is 0. The van der Waals surface area contributed by atoms with Crippen LogP contribution in [0.3, 0.4) is 0 Å². The molecule has 0 heterocycles. The number of rotatable bonds is 17. The van der Waals surface area contributed by atoms with E-state index in [1.807, 2.05) is 0 Å². The zero-order valence-electron chi connectivity index (χ0n) is 20.9. The third kappa shape index (κ3) is 23.6. The molecule has 0 saturated heterocycles. The predicted molar refractivity (Wildman–Crippen MR) is 161 cm³/mol. The van der Waals surface area contributed by atoms with E-state index < -0.39 is 39.7 Å². The predicted octanol–water partition coefficient (Wildman–Crippen LogP) is 8.33. The molecule has 0 aliphatic heterocycles. The van der Waals surface area contributed by atoms with Crippen LogP contribution in [-0.4, -0.2) is 59.5 Å². The zero-order valence-corrected chi connectivity index (χ0v) is 24.9. The third-order valence-corrected chi connectivity index (χ3v) is 18.3. The molecular weight excluding hydrogens is 497 g/mol. The standard InChI is InChI=1S/C20H46O6Si4.4CH4/c1-11-13-18-29(9,24-27(3,4)5)26-30(10,25-28(6,7)8)19-14-15-22-16-17-23-20(21)12-2;;;;/h12H,2,11,13-19H2,1,3-10H3;4*1H4. The summed E-state index contributed by atoms with van der Waals surface area (Å²) in [6.45, 7) is 24.6. The number of esters is 1. The van der Waals surface area contributed by atoms with Crippen molar-refractivity contribution in [2.24, 2.45) is 0 Å². The first kappa shape index (κ1) is 43.9. The van der Waals surface area contributed by atoms with Crippen LogP contribution < -0.4 is 0 Å². The van der Waals surface area contributed by atoms with Crippen molar-refractivity contribution in [3.63, 3.8) is 0 Å². The van der Waals surface area contributed by atoms with Gasteiger partial charge in [-0.25, -0.2) is 4.79 Å². The first-order valence-electron chi connectivity index (χ1n) is 11.1. The summed E-state index contributed by atoms with van der Waals surface area (Å²) in [4.78, 5) is 11.0. The Kier molecular flexibility index (Phi) is 25.9. The van der Waals surface area contributed by atoms with Crippen molar-refractivity contribution in [2.75, 3.05) is 19.8 Å². The Balaban J connectivity index is -0.000000701. The van der Waals surface area contributed by atoms with Crippen molar-refractivity contribution in [1.82, 2.24) is 0 Å². The molecule has 0 N–H and O–H groups in total. The molecule has 2 atom stereocenters. The number of ether oxygens (including phenoxy) is 2. The first-order chi connectivity index (χ1) is 13.6. The van der Waals surface area contributed by atoms with Gasteiger partial charge in [0.2, 0.25) is 0 Å². The molecule has 0 rings (SSSR count). The smallest absolute Gasteiger partial charge is 0.330 e. The summed E-state index contributed by atoms with van der Waals surface area (Å²) in [5.74, 6) is -0.422. The monoisotopic (exact) mass is 558 g/mol. The van der Waals surface area contributed by atoms with Crippen LogP contribution in [0.15, 0.2) is 12.7 Å². The molecule has 0 spiro atoms. The molecule has 0 aromatic heterocycles. The van der Waals surface area contributed by atoms with Crippen molar-refractivity contribution in [2.45, 2.75) is 120 Å². The number of carbonyl (C=O) groups is 1. The maximum atomic E-state index is 11.0. The number of unbranched alkanes of at least 4 members (excludes halogenated alkanes) is 1. The molecule has 34 heavy (non-hydrogen) atoms. The highest BCUT2D eigenvalue weighted by Crippen LogP contribution is 2.30.